The molecule has 0 spiro atoms. The summed E-state index contributed by atoms with van der Waals surface area (Å²) >= 11 is 3.19. The van der Waals surface area contributed by atoms with E-state index in [1.165, 1.54) is 6.07 Å². The van der Waals surface area contributed by atoms with Crippen molar-refractivity contribution >= 4 is 21.6 Å². The zero-order chi connectivity index (χ0) is 13.3. The van der Waals surface area contributed by atoms with Crippen LogP contribution in [-0.4, -0.2) is 9.78 Å². The lowest BCUT2D eigenvalue weighted by molar-refractivity contribution is 0.620. The summed E-state index contributed by atoms with van der Waals surface area (Å²) in [5, 5.41) is 7.68. The highest BCUT2D eigenvalue weighted by atomic mass is 79.9. The topological polar surface area (TPSA) is 29.9 Å². The molecule has 0 aliphatic rings. The molecule has 5 heteroatoms. The van der Waals surface area contributed by atoms with Crippen molar-refractivity contribution in [3.8, 4) is 0 Å². The van der Waals surface area contributed by atoms with E-state index in [-0.39, 0.29) is 5.82 Å². The molecule has 2 aromatic rings. The van der Waals surface area contributed by atoms with E-state index < -0.39 is 0 Å². The maximum Gasteiger partial charge on any atom is 0.137 e. The Morgan fingerprint density at radius 3 is 2.67 bits per heavy atom. The molecule has 0 fully saturated rings. The molecular formula is C13H15BrFN3. The number of nitrogens with one attached hydrogen (secondary N) is 1. The van der Waals surface area contributed by atoms with Crippen LogP contribution >= 0.6 is 15.9 Å². The van der Waals surface area contributed by atoms with Crippen LogP contribution in [0, 0.1) is 19.7 Å². The highest BCUT2D eigenvalue weighted by Crippen LogP contribution is 2.21. The van der Waals surface area contributed by atoms with Crippen molar-refractivity contribution in [3.63, 3.8) is 0 Å². The summed E-state index contributed by atoms with van der Waals surface area (Å²) in [5.74, 6) is -0.243. The van der Waals surface area contributed by atoms with Gasteiger partial charge in [-0.05, 0) is 47.5 Å². The first-order valence-corrected chi connectivity index (χ1v) is 6.46. The van der Waals surface area contributed by atoms with Crippen LogP contribution in [0.1, 0.15) is 17.0 Å². The van der Waals surface area contributed by atoms with Gasteiger partial charge in [-0.3, -0.25) is 4.68 Å². The average molecular weight is 312 g/mol. The summed E-state index contributed by atoms with van der Waals surface area (Å²) in [5.41, 5.74) is 4.12. The Bertz CT molecular complexity index is 578. The van der Waals surface area contributed by atoms with E-state index >= 15 is 0 Å². The lowest BCUT2D eigenvalue weighted by Crippen LogP contribution is -2.02. The van der Waals surface area contributed by atoms with Crippen molar-refractivity contribution in [1.82, 2.24) is 9.78 Å². The standard InChI is InChI=1S/C13H15BrFN3/c1-8-13(9(2)18(3)17-8)16-7-10-4-5-12(15)11(14)6-10/h4-6,16H,7H2,1-3H3. The van der Waals surface area contributed by atoms with E-state index in [0.29, 0.717) is 11.0 Å². The molecule has 0 saturated carbocycles. The fourth-order valence-corrected chi connectivity index (χ4v) is 2.30. The molecule has 0 aliphatic carbocycles. The van der Waals surface area contributed by atoms with Crippen LogP contribution in [0.25, 0.3) is 0 Å². The zero-order valence-corrected chi connectivity index (χ0v) is 12.2. The van der Waals surface area contributed by atoms with Gasteiger partial charge in [0, 0.05) is 13.6 Å². The van der Waals surface area contributed by atoms with Crippen molar-refractivity contribution in [2.45, 2.75) is 20.4 Å². The molecule has 1 aromatic heterocycles. The van der Waals surface area contributed by atoms with Crippen molar-refractivity contribution in [3.05, 3.63) is 45.4 Å². The van der Waals surface area contributed by atoms with E-state index in [1.54, 1.807) is 12.1 Å². The summed E-state index contributed by atoms with van der Waals surface area (Å²) < 4.78 is 15.4. The summed E-state index contributed by atoms with van der Waals surface area (Å²) in [7, 11) is 1.92. The number of aryl methyl sites for hydroxylation is 2. The molecule has 0 radical (unpaired) electrons. The fourth-order valence-electron chi connectivity index (χ4n) is 1.87. The van der Waals surface area contributed by atoms with E-state index in [1.807, 2.05) is 25.6 Å². The SMILES string of the molecule is Cc1nn(C)c(C)c1NCc1ccc(F)c(Br)c1. The summed E-state index contributed by atoms with van der Waals surface area (Å²) in [6.07, 6.45) is 0. The second kappa shape index (κ2) is 5.10. The molecule has 96 valence electrons. The first-order valence-electron chi connectivity index (χ1n) is 5.67. The molecular weight excluding hydrogens is 297 g/mol. The third kappa shape index (κ3) is 2.56. The third-order valence-corrected chi connectivity index (χ3v) is 3.57. The molecule has 0 amide bonds. The van der Waals surface area contributed by atoms with Crippen LogP contribution in [0.2, 0.25) is 0 Å². The second-order valence-corrected chi connectivity index (χ2v) is 5.13. The normalized spacial score (nSPS) is 10.7. The monoisotopic (exact) mass is 311 g/mol. The number of rotatable bonds is 3. The minimum atomic E-state index is -0.243. The number of hydrogen-bond donors (Lipinski definition) is 1. The van der Waals surface area contributed by atoms with Crippen molar-refractivity contribution in [2.24, 2.45) is 7.05 Å². The molecule has 0 unspecified atom stereocenters. The lowest BCUT2D eigenvalue weighted by Gasteiger charge is -2.07. The van der Waals surface area contributed by atoms with Crippen LogP contribution in [0.4, 0.5) is 10.1 Å². The molecule has 2 rings (SSSR count). The Balaban J connectivity index is 2.14. The maximum absolute atomic E-state index is 13.1. The molecule has 18 heavy (non-hydrogen) atoms. The Morgan fingerprint density at radius 1 is 1.39 bits per heavy atom. The number of nitrogens with zero attached hydrogens (tertiary/aromatic N) is 2. The van der Waals surface area contributed by atoms with Crippen LogP contribution < -0.4 is 5.32 Å². The number of hydrogen-bond acceptors (Lipinski definition) is 2. The summed E-state index contributed by atoms with van der Waals surface area (Å²) in [4.78, 5) is 0. The van der Waals surface area contributed by atoms with E-state index in [9.17, 15) is 4.39 Å². The number of halogens is 2. The van der Waals surface area contributed by atoms with Crippen LogP contribution in [-0.2, 0) is 13.6 Å². The third-order valence-electron chi connectivity index (χ3n) is 2.96. The van der Waals surface area contributed by atoms with Crippen molar-refractivity contribution in [2.75, 3.05) is 5.32 Å². The quantitative estimate of drug-likeness (QED) is 0.939. The van der Waals surface area contributed by atoms with Crippen LogP contribution in [0.5, 0.6) is 0 Å². The minimum Gasteiger partial charge on any atom is -0.378 e. The minimum absolute atomic E-state index is 0.243. The van der Waals surface area contributed by atoms with Gasteiger partial charge in [0.2, 0.25) is 0 Å². The maximum atomic E-state index is 13.1. The molecule has 1 N–H and O–H groups in total. The Labute approximate surface area is 114 Å². The largest absolute Gasteiger partial charge is 0.378 e. The average Bonchev–Trinajstić information content (AvgIpc) is 2.56. The smallest absolute Gasteiger partial charge is 0.137 e. The van der Waals surface area contributed by atoms with Gasteiger partial charge in [0.15, 0.2) is 0 Å². The van der Waals surface area contributed by atoms with Gasteiger partial charge in [0.25, 0.3) is 0 Å². The van der Waals surface area contributed by atoms with Crippen molar-refractivity contribution in [1.29, 1.82) is 0 Å². The summed E-state index contributed by atoms with van der Waals surface area (Å²) in [6.45, 7) is 4.63. The first-order chi connectivity index (χ1) is 8.49. The van der Waals surface area contributed by atoms with E-state index in [4.69, 9.17) is 0 Å². The Kier molecular flexibility index (Phi) is 3.71. The lowest BCUT2D eigenvalue weighted by atomic mass is 10.2. The van der Waals surface area contributed by atoms with Crippen molar-refractivity contribution < 1.29 is 4.39 Å². The molecule has 0 bridgehead atoms. The van der Waals surface area contributed by atoms with E-state index in [2.05, 4.69) is 26.3 Å². The van der Waals surface area contributed by atoms with Crippen LogP contribution in [0.15, 0.2) is 22.7 Å². The summed E-state index contributed by atoms with van der Waals surface area (Å²) in [6, 6.07) is 5.02. The van der Waals surface area contributed by atoms with Gasteiger partial charge in [-0.25, -0.2) is 4.39 Å². The molecule has 0 saturated heterocycles. The fraction of sp³-hybridized carbons (Fsp3) is 0.308. The Morgan fingerprint density at radius 2 is 2.11 bits per heavy atom. The molecule has 3 nitrogen and oxygen atoms in total. The number of anilines is 1. The van der Waals surface area contributed by atoms with Gasteiger partial charge in [-0.2, -0.15) is 5.10 Å². The predicted molar refractivity (Wildman–Crippen MR) is 74.1 cm³/mol. The van der Waals surface area contributed by atoms with Crippen LogP contribution in [0.3, 0.4) is 0 Å². The van der Waals surface area contributed by atoms with Gasteiger partial charge in [-0.1, -0.05) is 6.07 Å². The van der Waals surface area contributed by atoms with Gasteiger partial charge < -0.3 is 5.32 Å². The first kappa shape index (κ1) is 13.1. The number of aromatic nitrogens is 2. The zero-order valence-electron chi connectivity index (χ0n) is 10.6. The molecule has 1 aromatic carbocycles. The van der Waals surface area contributed by atoms with Gasteiger partial charge >= 0.3 is 0 Å². The molecule has 0 aliphatic heterocycles. The van der Waals surface area contributed by atoms with Gasteiger partial charge in [0.05, 0.1) is 21.5 Å². The Hall–Kier alpha value is -1.36. The number of benzene rings is 1. The van der Waals surface area contributed by atoms with Gasteiger partial charge in [0.1, 0.15) is 5.82 Å². The van der Waals surface area contributed by atoms with Gasteiger partial charge in [-0.15, -0.1) is 0 Å². The highest BCUT2D eigenvalue weighted by Gasteiger charge is 2.08. The molecule has 0 atom stereocenters. The highest BCUT2D eigenvalue weighted by molar-refractivity contribution is 9.10. The molecule has 1 heterocycles. The predicted octanol–water partition coefficient (Wildman–Crippen LogP) is 3.55. The second-order valence-electron chi connectivity index (χ2n) is 4.27. The van der Waals surface area contributed by atoms with E-state index in [0.717, 1.165) is 22.6 Å².